The molecule has 8 nitrogen and oxygen atoms in total. The summed E-state index contributed by atoms with van der Waals surface area (Å²) in [6, 6.07) is -1.35. The summed E-state index contributed by atoms with van der Waals surface area (Å²) in [5.74, 6) is -0.857. The minimum atomic E-state index is -4.02. The lowest BCUT2D eigenvalue weighted by molar-refractivity contribution is -0.143. The second-order valence-electron chi connectivity index (χ2n) is 5.96. The zero-order valence-electron chi connectivity index (χ0n) is 13.7. The fourth-order valence-corrected chi connectivity index (χ4v) is 3.79. The number of aliphatic hydroxyl groups is 1. The van der Waals surface area contributed by atoms with Crippen LogP contribution in [0.3, 0.4) is 0 Å². The van der Waals surface area contributed by atoms with E-state index >= 15 is 0 Å². The van der Waals surface area contributed by atoms with Gasteiger partial charge in [0.2, 0.25) is 10.0 Å². The third-order valence-electron chi connectivity index (χ3n) is 3.09. The molecule has 2 N–H and O–H groups in total. The summed E-state index contributed by atoms with van der Waals surface area (Å²) in [6.45, 7) is 8.24. The number of ether oxygens (including phenoxy) is 1. The number of aromatic nitrogens is 2. The molecule has 1 rings (SSSR count). The maximum Gasteiger partial charge on any atom is 0.326 e. The summed E-state index contributed by atoms with van der Waals surface area (Å²) in [7, 11) is -2.90. The summed E-state index contributed by atoms with van der Waals surface area (Å²) in [5.41, 5.74) is 0.391. The molecule has 1 aromatic heterocycles. The first-order valence-corrected chi connectivity index (χ1v) is 8.21. The molecule has 126 valence electrons. The van der Waals surface area contributed by atoms with E-state index in [2.05, 4.69) is 14.6 Å². The van der Waals surface area contributed by atoms with Crippen molar-refractivity contribution in [3.8, 4) is 0 Å². The molecule has 0 fully saturated rings. The number of carbonyl (C=O) groups is 1. The van der Waals surface area contributed by atoms with E-state index in [-0.39, 0.29) is 10.4 Å². The van der Waals surface area contributed by atoms with Gasteiger partial charge in [-0.3, -0.25) is 9.48 Å². The van der Waals surface area contributed by atoms with Crippen molar-refractivity contribution >= 4 is 16.0 Å². The van der Waals surface area contributed by atoms with E-state index in [1.165, 1.54) is 0 Å². The molecule has 1 heterocycles. The first kappa shape index (κ1) is 18.6. The molecule has 1 aromatic rings. The highest BCUT2D eigenvalue weighted by Crippen LogP contribution is 2.25. The Bertz CT molecular complexity index is 658. The van der Waals surface area contributed by atoms with Gasteiger partial charge in [-0.15, -0.1) is 0 Å². The van der Waals surface area contributed by atoms with Crippen molar-refractivity contribution in [1.29, 1.82) is 0 Å². The van der Waals surface area contributed by atoms with Crippen LogP contribution in [0.2, 0.25) is 0 Å². The third kappa shape index (κ3) is 3.65. The lowest BCUT2D eigenvalue weighted by Crippen LogP contribution is -2.44. The SMILES string of the molecule is COC(=O)[C@H](CO)NS(=O)(=O)c1c(C)nn(C(C)(C)C)c1C. The second-order valence-corrected chi connectivity index (χ2v) is 7.61. The normalized spacial score (nSPS) is 14.0. The van der Waals surface area contributed by atoms with E-state index in [9.17, 15) is 13.2 Å². The first-order chi connectivity index (χ1) is 9.95. The number of nitrogens with zero attached hydrogens (tertiary/aromatic N) is 2. The summed E-state index contributed by atoms with van der Waals surface area (Å²) >= 11 is 0. The molecule has 0 aliphatic rings. The Labute approximate surface area is 130 Å². The fraction of sp³-hybridized carbons (Fsp3) is 0.692. The smallest absolute Gasteiger partial charge is 0.326 e. The predicted molar refractivity (Wildman–Crippen MR) is 79.9 cm³/mol. The number of sulfonamides is 1. The van der Waals surface area contributed by atoms with Gasteiger partial charge in [0.15, 0.2) is 0 Å². The van der Waals surface area contributed by atoms with Crippen LogP contribution in [0.25, 0.3) is 0 Å². The van der Waals surface area contributed by atoms with Gasteiger partial charge in [0.1, 0.15) is 10.9 Å². The van der Waals surface area contributed by atoms with E-state index in [0.29, 0.717) is 11.4 Å². The Morgan fingerprint density at radius 1 is 1.41 bits per heavy atom. The molecule has 0 amide bonds. The number of methoxy groups -OCH3 is 1. The van der Waals surface area contributed by atoms with Gasteiger partial charge >= 0.3 is 5.97 Å². The summed E-state index contributed by atoms with van der Waals surface area (Å²) in [5, 5.41) is 13.4. The van der Waals surface area contributed by atoms with Gasteiger partial charge in [-0.1, -0.05) is 0 Å². The number of carbonyl (C=O) groups excluding carboxylic acids is 1. The van der Waals surface area contributed by atoms with Crippen molar-refractivity contribution in [3.05, 3.63) is 11.4 Å². The van der Waals surface area contributed by atoms with E-state index in [4.69, 9.17) is 5.11 Å². The van der Waals surface area contributed by atoms with Crippen LogP contribution >= 0.6 is 0 Å². The van der Waals surface area contributed by atoms with Crippen molar-refractivity contribution in [2.45, 2.75) is 51.1 Å². The van der Waals surface area contributed by atoms with E-state index in [1.807, 2.05) is 20.8 Å². The van der Waals surface area contributed by atoms with Crippen LogP contribution in [0.1, 0.15) is 32.2 Å². The minimum absolute atomic E-state index is 0.00442. The standard InChI is InChI=1S/C13H23N3O5S/c1-8-11(9(2)16(14-8)13(3,4)5)22(19,20)15-10(7-17)12(18)21-6/h10,15,17H,7H2,1-6H3/t10-/m0/s1. The molecule has 0 aliphatic carbocycles. The third-order valence-corrected chi connectivity index (χ3v) is 4.82. The van der Waals surface area contributed by atoms with Crippen molar-refractivity contribution in [2.75, 3.05) is 13.7 Å². The van der Waals surface area contributed by atoms with Crippen LogP contribution in [0.5, 0.6) is 0 Å². The zero-order valence-corrected chi connectivity index (χ0v) is 14.5. The first-order valence-electron chi connectivity index (χ1n) is 6.73. The Hall–Kier alpha value is -1.45. The molecule has 0 unspecified atom stereocenters. The molecule has 0 saturated heterocycles. The molecule has 0 bridgehead atoms. The van der Waals surface area contributed by atoms with Gasteiger partial charge in [0.25, 0.3) is 0 Å². The molecule has 0 saturated carbocycles. The number of aryl methyl sites for hydroxylation is 1. The molecule has 22 heavy (non-hydrogen) atoms. The number of rotatable bonds is 5. The Kier molecular flexibility index (Phi) is 5.37. The predicted octanol–water partition coefficient (Wildman–Crippen LogP) is 0.0671. The number of hydrogen-bond acceptors (Lipinski definition) is 6. The number of hydrogen-bond donors (Lipinski definition) is 2. The minimum Gasteiger partial charge on any atom is -0.468 e. The van der Waals surface area contributed by atoms with E-state index in [1.54, 1.807) is 18.5 Å². The number of aliphatic hydroxyl groups excluding tert-OH is 1. The van der Waals surface area contributed by atoms with E-state index in [0.717, 1.165) is 7.11 Å². The highest BCUT2D eigenvalue weighted by atomic mass is 32.2. The van der Waals surface area contributed by atoms with Crippen LogP contribution < -0.4 is 4.72 Å². The fourth-order valence-electron chi connectivity index (χ4n) is 2.22. The topological polar surface area (TPSA) is 111 Å². The molecule has 0 radical (unpaired) electrons. The summed E-state index contributed by atoms with van der Waals surface area (Å²) in [4.78, 5) is 11.5. The van der Waals surface area contributed by atoms with Crippen molar-refractivity contribution in [3.63, 3.8) is 0 Å². The number of nitrogens with one attached hydrogen (secondary N) is 1. The monoisotopic (exact) mass is 333 g/mol. The Balaban J connectivity index is 3.30. The highest BCUT2D eigenvalue weighted by Gasteiger charge is 2.32. The molecule has 0 aliphatic heterocycles. The van der Waals surface area contributed by atoms with E-state index < -0.39 is 28.6 Å². The largest absolute Gasteiger partial charge is 0.468 e. The quantitative estimate of drug-likeness (QED) is 0.738. The molecule has 0 spiro atoms. The molecular weight excluding hydrogens is 310 g/mol. The van der Waals surface area contributed by atoms with Crippen LogP contribution in [-0.4, -0.2) is 49.0 Å². The van der Waals surface area contributed by atoms with Crippen molar-refractivity contribution in [1.82, 2.24) is 14.5 Å². The van der Waals surface area contributed by atoms with Gasteiger partial charge < -0.3 is 9.84 Å². The maximum absolute atomic E-state index is 12.5. The van der Waals surface area contributed by atoms with Crippen LogP contribution in [0.4, 0.5) is 0 Å². The van der Waals surface area contributed by atoms with Crippen LogP contribution in [0.15, 0.2) is 4.90 Å². The summed E-state index contributed by atoms with van der Waals surface area (Å²) < 4.78 is 33.3. The van der Waals surface area contributed by atoms with Crippen LogP contribution in [-0.2, 0) is 25.1 Å². The van der Waals surface area contributed by atoms with Gasteiger partial charge in [0.05, 0.1) is 30.6 Å². The number of esters is 1. The summed E-state index contributed by atoms with van der Waals surface area (Å²) in [6.07, 6.45) is 0. The van der Waals surface area contributed by atoms with Crippen molar-refractivity contribution in [2.24, 2.45) is 0 Å². The van der Waals surface area contributed by atoms with Gasteiger partial charge in [0, 0.05) is 0 Å². The Morgan fingerprint density at radius 2 is 1.95 bits per heavy atom. The average molecular weight is 333 g/mol. The lowest BCUT2D eigenvalue weighted by atomic mass is 10.1. The van der Waals surface area contributed by atoms with Gasteiger partial charge in [-0.05, 0) is 34.6 Å². The molecule has 0 aromatic carbocycles. The molecule has 1 atom stereocenters. The zero-order chi connectivity index (χ0) is 17.3. The lowest BCUT2D eigenvalue weighted by Gasteiger charge is -2.21. The van der Waals surface area contributed by atoms with Gasteiger partial charge in [-0.25, -0.2) is 8.42 Å². The second kappa shape index (κ2) is 6.35. The average Bonchev–Trinajstić information content (AvgIpc) is 2.70. The maximum atomic E-state index is 12.5. The Morgan fingerprint density at radius 3 is 2.32 bits per heavy atom. The molecule has 9 heteroatoms. The highest BCUT2D eigenvalue weighted by molar-refractivity contribution is 7.89. The van der Waals surface area contributed by atoms with Gasteiger partial charge in [-0.2, -0.15) is 9.82 Å². The molecular formula is C13H23N3O5S. The van der Waals surface area contributed by atoms with Crippen molar-refractivity contribution < 1.29 is 23.1 Å². The van der Waals surface area contributed by atoms with Crippen LogP contribution in [0, 0.1) is 13.8 Å².